The van der Waals surface area contributed by atoms with E-state index in [9.17, 15) is 13.2 Å². The number of hydrogen-bond acceptors (Lipinski definition) is 4. The van der Waals surface area contributed by atoms with Crippen molar-refractivity contribution in [1.29, 1.82) is 0 Å². The van der Waals surface area contributed by atoms with Gasteiger partial charge in [0.05, 0.1) is 18.7 Å². The molecule has 182 valence electrons. The van der Waals surface area contributed by atoms with E-state index in [4.69, 9.17) is 4.74 Å². The quantitative estimate of drug-likeness (QED) is 0.335. The van der Waals surface area contributed by atoms with Crippen molar-refractivity contribution in [2.24, 2.45) is 4.99 Å². The summed E-state index contributed by atoms with van der Waals surface area (Å²) in [6.45, 7) is 12.1. The molecule has 0 spiro atoms. The number of nitrogens with one attached hydrogen (secondary N) is 1. The largest absolute Gasteiger partial charge is 0.416 e. The molecule has 2 aliphatic rings. The lowest BCUT2D eigenvalue weighted by atomic mass is 10.0. The molecule has 6 nitrogen and oxygen atoms in total. The van der Waals surface area contributed by atoms with Crippen LogP contribution >= 0.6 is 24.0 Å². The number of aliphatic imine (C=N–C) groups is 1. The lowest BCUT2D eigenvalue weighted by Crippen LogP contribution is -2.54. The SMILES string of the molecule is CCN1CCN(C(C)CNC(=NC)N2CCOC(c3cccc(C(F)(F)F)c3)C2)CC1.I. The molecule has 2 saturated heterocycles. The fourth-order valence-corrected chi connectivity index (χ4v) is 4.18. The van der Waals surface area contributed by atoms with Gasteiger partial charge in [-0.05, 0) is 31.2 Å². The maximum absolute atomic E-state index is 13.1. The Hall–Kier alpha value is -1.11. The summed E-state index contributed by atoms with van der Waals surface area (Å²) in [5.41, 5.74) is -0.109. The number of ether oxygens (including phenoxy) is 1. The Balaban J connectivity index is 0.00000363. The molecular weight excluding hydrogens is 534 g/mol. The van der Waals surface area contributed by atoms with Crippen LogP contribution in [-0.2, 0) is 10.9 Å². The topological polar surface area (TPSA) is 43.3 Å². The summed E-state index contributed by atoms with van der Waals surface area (Å²) in [6, 6.07) is 5.77. The summed E-state index contributed by atoms with van der Waals surface area (Å²) in [5.74, 6) is 0.763. The highest BCUT2D eigenvalue weighted by Crippen LogP contribution is 2.32. The van der Waals surface area contributed by atoms with Gasteiger partial charge in [0.25, 0.3) is 0 Å². The maximum atomic E-state index is 13.1. The van der Waals surface area contributed by atoms with Crippen molar-refractivity contribution in [1.82, 2.24) is 20.0 Å². The monoisotopic (exact) mass is 569 g/mol. The normalized spacial score (nSPS) is 22.4. The van der Waals surface area contributed by atoms with Crippen LogP contribution in [0.15, 0.2) is 29.3 Å². The Morgan fingerprint density at radius 3 is 2.56 bits per heavy atom. The zero-order valence-corrected chi connectivity index (χ0v) is 21.4. The van der Waals surface area contributed by atoms with E-state index in [2.05, 4.69) is 38.9 Å². The van der Waals surface area contributed by atoms with Gasteiger partial charge in [-0.2, -0.15) is 13.2 Å². The number of morpholine rings is 1. The zero-order chi connectivity index (χ0) is 22.4. The van der Waals surface area contributed by atoms with E-state index in [1.807, 2.05) is 0 Å². The van der Waals surface area contributed by atoms with Gasteiger partial charge in [-0.1, -0.05) is 19.1 Å². The highest BCUT2D eigenvalue weighted by atomic mass is 127. The molecule has 10 heteroatoms. The minimum absolute atomic E-state index is 0. The highest BCUT2D eigenvalue weighted by molar-refractivity contribution is 14.0. The van der Waals surface area contributed by atoms with Gasteiger partial charge < -0.3 is 19.9 Å². The standard InChI is InChI=1S/C22H34F3N5O.HI/c1-4-28-8-10-29(11-9-28)17(2)15-27-21(26-3)30-12-13-31-20(16-30)18-6-5-7-19(14-18)22(23,24)25;/h5-7,14,17,20H,4,8-13,15-16H2,1-3H3,(H,26,27);1H. The third-order valence-corrected chi connectivity index (χ3v) is 6.20. The Kier molecular flexibility index (Phi) is 10.5. The van der Waals surface area contributed by atoms with Crippen LogP contribution in [0.3, 0.4) is 0 Å². The van der Waals surface area contributed by atoms with Crippen LogP contribution in [0.1, 0.15) is 31.1 Å². The number of alkyl halides is 3. The van der Waals surface area contributed by atoms with Crippen LogP contribution in [0.2, 0.25) is 0 Å². The molecule has 0 bridgehead atoms. The van der Waals surface area contributed by atoms with Crippen molar-refractivity contribution >= 4 is 29.9 Å². The molecule has 3 rings (SSSR count). The van der Waals surface area contributed by atoms with E-state index < -0.39 is 17.8 Å². The molecular formula is C22H35F3IN5O. The average Bonchev–Trinajstić information content (AvgIpc) is 2.79. The van der Waals surface area contributed by atoms with E-state index in [1.54, 1.807) is 13.1 Å². The van der Waals surface area contributed by atoms with E-state index in [0.29, 0.717) is 31.3 Å². The van der Waals surface area contributed by atoms with E-state index in [1.165, 1.54) is 12.1 Å². The van der Waals surface area contributed by atoms with Crippen molar-refractivity contribution in [2.45, 2.75) is 32.2 Å². The summed E-state index contributed by atoms with van der Waals surface area (Å²) in [6.07, 6.45) is -4.78. The summed E-state index contributed by atoms with van der Waals surface area (Å²) in [5, 5.41) is 3.45. The van der Waals surface area contributed by atoms with Crippen LogP contribution in [0.5, 0.6) is 0 Å². The number of benzene rings is 1. The van der Waals surface area contributed by atoms with Crippen molar-refractivity contribution in [2.75, 3.05) is 66.0 Å². The molecule has 2 heterocycles. The van der Waals surface area contributed by atoms with E-state index in [-0.39, 0.29) is 24.0 Å². The van der Waals surface area contributed by atoms with Crippen LogP contribution in [0, 0.1) is 0 Å². The van der Waals surface area contributed by atoms with Crippen LogP contribution in [0.25, 0.3) is 0 Å². The lowest BCUT2D eigenvalue weighted by Gasteiger charge is -2.39. The molecule has 2 aliphatic heterocycles. The number of hydrogen-bond donors (Lipinski definition) is 1. The number of halogens is 4. The van der Waals surface area contributed by atoms with Crippen molar-refractivity contribution in [3.05, 3.63) is 35.4 Å². The Morgan fingerprint density at radius 1 is 1.22 bits per heavy atom. The molecule has 0 saturated carbocycles. The first-order valence-electron chi connectivity index (χ1n) is 11.0. The van der Waals surface area contributed by atoms with Crippen LogP contribution in [-0.4, -0.2) is 92.7 Å². The van der Waals surface area contributed by atoms with Gasteiger partial charge in [0.2, 0.25) is 0 Å². The highest BCUT2D eigenvalue weighted by Gasteiger charge is 2.32. The molecule has 1 aromatic rings. The van der Waals surface area contributed by atoms with Gasteiger partial charge >= 0.3 is 6.18 Å². The molecule has 2 atom stereocenters. The third kappa shape index (κ3) is 7.19. The van der Waals surface area contributed by atoms with E-state index >= 15 is 0 Å². The first-order valence-corrected chi connectivity index (χ1v) is 11.0. The Labute approximate surface area is 206 Å². The maximum Gasteiger partial charge on any atom is 0.416 e. The molecule has 0 aromatic heterocycles. The fourth-order valence-electron chi connectivity index (χ4n) is 4.18. The van der Waals surface area contributed by atoms with Crippen molar-refractivity contribution in [3.8, 4) is 0 Å². The smallest absolute Gasteiger partial charge is 0.370 e. The predicted octanol–water partition coefficient (Wildman–Crippen LogP) is 3.30. The van der Waals surface area contributed by atoms with Gasteiger partial charge in [-0.15, -0.1) is 24.0 Å². The minimum atomic E-state index is -4.36. The Bertz CT molecular complexity index is 741. The Morgan fingerprint density at radius 2 is 1.94 bits per heavy atom. The summed E-state index contributed by atoms with van der Waals surface area (Å²) in [4.78, 5) is 11.4. The van der Waals surface area contributed by atoms with Gasteiger partial charge in [0.1, 0.15) is 6.10 Å². The number of rotatable bonds is 5. The lowest BCUT2D eigenvalue weighted by molar-refractivity contribution is -0.137. The van der Waals surface area contributed by atoms with Crippen molar-refractivity contribution < 1.29 is 17.9 Å². The molecule has 0 amide bonds. The van der Waals surface area contributed by atoms with Crippen LogP contribution in [0.4, 0.5) is 13.2 Å². The number of piperazine rings is 1. The first-order chi connectivity index (χ1) is 14.8. The second-order valence-corrected chi connectivity index (χ2v) is 8.18. The minimum Gasteiger partial charge on any atom is -0.370 e. The number of guanidine groups is 1. The van der Waals surface area contributed by atoms with Gasteiger partial charge in [-0.25, -0.2) is 0 Å². The van der Waals surface area contributed by atoms with Gasteiger partial charge in [-0.3, -0.25) is 9.89 Å². The molecule has 32 heavy (non-hydrogen) atoms. The zero-order valence-electron chi connectivity index (χ0n) is 19.1. The summed E-state index contributed by atoms with van der Waals surface area (Å²) in [7, 11) is 1.74. The summed E-state index contributed by atoms with van der Waals surface area (Å²) < 4.78 is 45.0. The first kappa shape index (κ1) is 27.1. The molecule has 1 aromatic carbocycles. The molecule has 0 radical (unpaired) electrons. The van der Waals surface area contributed by atoms with E-state index in [0.717, 1.165) is 51.3 Å². The number of likely N-dealkylation sites (N-methyl/N-ethyl adjacent to an activating group) is 1. The van der Waals surface area contributed by atoms with Gasteiger partial charge in [0, 0.05) is 52.4 Å². The molecule has 2 fully saturated rings. The summed E-state index contributed by atoms with van der Waals surface area (Å²) >= 11 is 0. The second-order valence-electron chi connectivity index (χ2n) is 8.18. The molecule has 2 unspecified atom stereocenters. The average molecular weight is 569 g/mol. The fraction of sp³-hybridized carbons (Fsp3) is 0.682. The number of nitrogens with zero attached hydrogens (tertiary/aromatic N) is 4. The third-order valence-electron chi connectivity index (χ3n) is 6.20. The molecule has 1 N–H and O–H groups in total. The van der Waals surface area contributed by atoms with Crippen LogP contribution < -0.4 is 5.32 Å². The molecule has 0 aliphatic carbocycles. The second kappa shape index (κ2) is 12.4. The van der Waals surface area contributed by atoms with Gasteiger partial charge in [0.15, 0.2) is 5.96 Å². The van der Waals surface area contributed by atoms with Crippen molar-refractivity contribution in [3.63, 3.8) is 0 Å². The predicted molar refractivity (Wildman–Crippen MR) is 132 cm³/mol.